The van der Waals surface area contributed by atoms with Gasteiger partial charge in [-0.15, -0.1) is 6.58 Å². The third-order valence-electron chi connectivity index (χ3n) is 3.31. The molecule has 0 aliphatic carbocycles. The van der Waals surface area contributed by atoms with Crippen LogP contribution in [0.2, 0.25) is 0 Å². The molecule has 0 aliphatic heterocycles. The zero-order chi connectivity index (χ0) is 13.2. The molecule has 0 aliphatic rings. The minimum Gasteiger partial charge on any atom is -0.436 e. The van der Waals surface area contributed by atoms with Gasteiger partial charge in [-0.3, -0.25) is 0 Å². The molecule has 2 aromatic carbocycles. The van der Waals surface area contributed by atoms with Gasteiger partial charge in [0.25, 0.3) is 0 Å². The lowest BCUT2D eigenvalue weighted by Gasteiger charge is -2.05. The average Bonchev–Trinajstić information content (AvgIpc) is 2.91. The Morgan fingerprint density at radius 1 is 1.11 bits per heavy atom. The number of para-hydroxylation sites is 1. The predicted molar refractivity (Wildman–Crippen MR) is 78.1 cm³/mol. The fraction of sp³-hybridized carbons (Fsp3) is 0.118. The molecule has 2 heteroatoms. The number of oxazole rings is 1. The van der Waals surface area contributed by atoms with Gasteiger partial charge in [-0.25, -0.2) is 4.98 Å². The van der Waals surface area contributed by atoms with Crippen LogP contribution in [0.25, 0.3) is 22.6 Å². The molecule has 94 valence electrons. The zero-order valence-corrected chi connectivity index (χ0v) is 10.8. The van der Waals surface area contributed by atoms with Crippen molar-refractivity contribution in [1.29, 1.82) is 0 Å². The van der Waals surface area contributed by atoms with Crippen molar-refractivity contribution < 1.29 is 4.42 Å². The molecule has 0 spiro atoms. The summed E-state index contributed by atoms with van der Waals surface area (Å²) in [5, 5.41) is 0. The Morgan fingerprint density at radius 2 is 1.89 bits per heavy atom. The van der Waals surface area contributed by atoms with E-state index in [0.29, 0.717) is 5.89 Å². The summed E-state index contributed by atoms with van der Waals surface area (Å²) < 4.78 is 5.95. The third kappa shape index (κ3) is 2.06. The van der Waals surface area contributed by atoms with E-state index in [-0.39, 0.29) is 5.92 Å². The van der Waals surface area contributed by atoms with Crippen molar-refractivity contribution in [2.24, 2.45) is 0 Å². The van der Waals surface area contributed by atoms with Gasteiger partial charge in [-0.2, -0.15) is 0 Å². The summed E-state index contributed by atoms with van der Waals surface area (Å²) in [5.74, 6) is 0.916. The second-order valence-corrected chi connectivity index (χ2v) is 4.60. The maximum absolute atomic E-state index is 5.95. The first-order valence-corrected chi connectivity index (χ1v) is 6.37. The highest BCUT2D eigenvalue weighted by atomic mass is 16.3. The van der Waals surface area contributed by atoms with E-state index in [1.54, 1.807) is 0 Å². The number of rotatable bonds is 3. The van der Waals surface area contributed by atoms with Gasteiger partial charge in [-0.1, -0.05) is 43.3 Å². The van der Waals surface area contributed by atoms with E-state index in [0.717, 1.165) is 22.2 Å². The Morgan fingerprint density at radius 3 is 2.63 bits per heavy atom. The minimum atomic E-state index is 0.250. The standard InChI is InChI=1S/C17H15NO/c1-3-12(2)14-10-7-11-15-16(14)19-17(18-15)13-8-5-4-6-9-13/h3-12H,1H2,2H3/t12-/m1/s1. The van der Waals surface area contributed by atoms with E-state index in [2.05, 4.69) is 24.6 Å². The van der Waals surface area contributed by atoms with E-state index in [1.165, 1.54) is 0 Å². The average molecular weight is 249 g/mol. The molecule has 1 atom stereocenters. The Labute approximate surface area is 112 Å². The van der Waals surface area contributed by atoms with E-state index in [4.69, 9.17) is 4.42 Å². The number of aromatic nitrogens is 1. The number of hydrogen-bond acceptors (Lipinski definition) is 2. The van der Waals surface area contributed by atoms with E-state index in [1.807, 2.05) is 48.5 Å². The summed E-state index contributed by atoms with van der Waals surface area (Å²) in [4.78, 5) is 4.56. The summed E-state index contributed by atoms with van der Waals surface area (Å²) in [6, 6.07) is 16.0. The molecule has 3 aromatic rings. The van der Waals surface area contributed by atoms with Gasteiger partial charge in [-0.05, 0) is 18.2 Å². The van der Waals surface area contributed by atoms with Gasteiger partial charge in [0.1, 0.15) is 5.52 Å². The number of fused-ring (bicyclic) bond motifs is 1. The van der Waals surface area contributed by atoms with Crippen LogP contribution < -0.4 is 0 Å². The van der Waals surface area contributed by atoms with Crippen LogP contribution in [0.15, 0.2) is 65.6 Å². The maximum atomic E-state index is 5.95. The van der Waals surface area contributed by atoms with Crippen molar-refractivity contribution >= 4 is 11.1 Å². The largest absolute Gasteiger partial charge is 0.436 e. The van der Waals surface area contributed by atoms with Crippen molar-refractivity contribution in [3.63, 3.8) is 0 Å². The number of nitrogens with zero attached hydrogens (tertiary/aromatic N) is 1. The monoisotopic (exact) mass is 249 g/mol. The predicted octanol–water partition coefficient (Wildman–Crippen LogP) is 4.78. The first-order valence-electron chi connectivity index (χ1n) is 6.37. The second-order valence-electron chi connectivity index (χ2n) is 4.60. The SMILES string of the molecule is C=C[C@@H](C)c1cccc2nc(-c3ccccc3)oc12. The van der Waals surface area contributed by atoms with E-state index < -0.39 is 0 Å². The van der Waals surface area contributed by atoms with E-state index >= 15 is 0 Å². The number of allylic oxidation sites excluding steroid dienone is 1. The first-order chi connectivity index (χ1) is 9.29. The lowest BCUT2D eigenvalue weighted by molar-refractivity contribution is 0.614. The fourth-order valence-electron chi connectivity index (χ4n) is 2.16. The Hall–Kier alpha value is -2.35. The molecule has 0 radical (unpaired) electrons. The molecule has 1 heterocycles. The Kier molecular flexibility index (Phi) is 2.92. The molecule has 2 nitrogen and oxygen atoms in total. The van der Waals surface area contributed by atoms with Gasteiger partial charge in [0.2, 0.25) is 5.89 Å². The second kappa shape index (κ2) is 4.73. The highest BCUT2D eigenvalue weighted by molar-refractivity contribution is 5.80. The molecular formula is C17H15NO. The molecule has 0 N–H and O–H groups in total. The summed E-state index contributed by atoms with van der Waals surface area (Å²) in [7, 11) is 0. The van der Waals surface area contributed by atoms with Crippen LogP contribution in [0.4, 0.5) is 0 Å². The molecule has 0 saturated heterocycles. The van der Waals surface area contributed by atoms with Gasteiger partial charge in [0, 0.05) is 17.0 Å². The normalized spacial score (nSPS) is 12.5. The van der Waals surface area contributed by atoms with Crippen molar-refractivity contribution in [2.75, 3.05) is 0 Å². The lowest BCUT2D eigenvalue weighted by Crippen LogP contribution is -1.88. The van der Waals surface area contributed by atoms with Gasteiger partial charge < -0.3 is 4.42 Å². The van der Waals surface area contributed by atoms with Crippen molar-refractivity contribution in [1.82, 2.24) is 4.98 Å². The van der Waals surface area contributed by atoms with Crippen LogP contribution in [0.1, 0.15) is 18.4 Å². The molecular weight excluding hydrogens is 234 g/mol. The van der Waals surface area contributed by atoms with Crippen molar-refractivity contribution in [3.05, 3.63) is 66.7 Å². The topological polar surface area (TPSA) is 26.0 Å². The number of benzene rings is 2. The van der Waals surface area contributed by atoms with Crippen LogP contribution in [0.5, 0.6) is 0 Å². The summed E-state index contributed by atoms with van der Waals surface area (Å²) in [6.45, 7) is 5.95. The third-order valence-corrected chi connectivity index (χ3v) is 3.31. The van der Waals surface area contributed by atoms with Crippen molar-refractivity contribution in [3.8, 4) is 11.5 Å². The summed E-state index contributed by atoms with van der Waals surface area (Å²) in [6.07, 6.45) is 1.92. The zero-order valence-electron chi connectivity index (χ0n) is 10.8. The molecule has 19 heavy (non-hydrogen) atoms. The Bertz CT molecular complexity index is 712. The van der Waals surface area contributed by atoms with Crippen LogP contribution in [0, 0.1) is 0 Å². The van der Waals surface area contributed by atoms with E-state index in [9.17, 15) is 0 Å². The Balaban J connectivity index is 2.19. The quantitative estimate of drug-likeness (QED) is 0.624. The molecule has 0 amide bonds. The molecule has 0 bridgehead atoms. The first kappa shape index (κ1) is 11.7. The summed E-state index contributed by atoms with van der Waals surface area (Å²) in [5.41, 5.74) is 3.87. The highest BCUT2D eigenvalue weighted by Gasteiger charge is 2.13. The fourth-order valence-corrected chi connectivity index (χ4v) is 2.16. The smallest absolute Gasteiger partial charge is 0.227 e. The van der Waals surface area contributed by atoms with Crippen LogP contribution >= 0.6 is 0 Å². The molecule has 0 unspecified atom stereocenters. The molecule has 0 fully saturated rings. The van der Waals surface area contributed by atoms with Crippen LogP contribution in [-0.4, -0.2) is 4.98 Å². The minimum absolute atomic E-state index is 0.250. The van der Waals surface area contributed by atoms with Crippen LogP contribution in [0.3, 0.4) is 0 Å². The van der Waals surface area contributed by atoms with Gasteiger partial charge >= 0.3 is 0 Å². The maximum Gasteiger partial charge on any atom is 0.227 e. The molecule has 1 aromatic heterocycles. The molecule has 3 rings (SSSR count). The van der Waals surface area contributed by atoms with Gasteiger partial charge in [0.05, 0.1) is 0 Å². The van der Waals surface area contributed by atoms with Gasteiger partial charge in [0.15, 0.2) is 5.58 Å². The highest BCUT2D eigenvalue weighted by Crippen LogP contribution is 2.30. The summed E-state index contributed by atoms with van der Waals surface area (Å²) >= 11 is 0. The van der Waals surface area contributed by atoms with Crippen LogP contribution in [-0.2, 0) is 0 Å². The van der Waals surface area contributed by atoms with Crippen molar-refractivity contribution in [2.45, 2.75) is 12.8 Å². The number of hydrogen-bond donors (Lipinski definition) is 0. The lowest BCUT2D eigenvalue weighted by atomic mass is 10.0. The molecule has 0 saturated carbocycles.